The third kappa shape index (κ3) is 2.82. The van der Waals surface area contributed by atoms with Gasteiger partial charge in [-0.25, -0.2) is 14.6 Å². The third-order valence-corrected chi connectivity index (χ3v) is 5.46. The van der Waals surface area contributed by atoms with Crippen molar-refractivity contribution in [3.05, 3.63) is 59.7 Å². The molecule has 0 bridgehead atoms. The Balaban J connectivity index is 2.04. The number of rotatable bonds is 4. The van der Waals surface area contributed by atoms with Crippen LogP contribution in [0.4, 0.5) is 0 Å². The van der Waals surface area contributed by atoms with Crippen molar-refractivity contribution in [2.24, 2.45) is 7.05 Å². The summed E-state index contributed by atoms with van der Waals surface area (Å²) >= 11 is 0. The summed E-state index contributed by atoms with van der Waals surface area (Å²) in [6.07, 6.45) is 1.65. The number of hydrogen-bond acceptors (Lipinski definition) is 3. The maximum Gasteiger partial charge on any atom is 0.165 e. The summed E-state index contributed by atoms with van der Waals surface area (Å²) in [6, 6.07) is 12.8. The van der Waals surface area contributed by atoms with Crippen molar-refractivity contribution in [1.82, 2.24) is 24.3 Å². The van der Waals surface area contributed by atoms with Crippen LogP contribution in [-0.4, -0.2) is 24.3 Å². The van der Waals surface area contributed by atoms with Crippen molar-refractivity contribution in [2.45, 2.75) is 46.5 Å². The number of hydrogen-bond donors (Lipinski definition) is 0. The fraction of sp³-hybridized carbons (Fsp3) is 0.348. The molecule has 0 spiro atoms. The van der Waals surface area contributed by atoms with Crippen molar-refractivity contribution >= 4 is 11.0 Å². The summed E-state index contributed by atoms with van der Waals surface area (Å²) in [4.78, 5) is 9.36. The van der Waals surface area contributed by atoms with Gasteiger partial charge in [0.05, 0.1) is 16.7 Å². The molecule has 0 aliphatic carbocycles. The Hall–Kier alpha value is -2.95. The van der Waals surface area contributed by atoms with Crippen molar-refractivity contribution in [1.29, 1.82) is 0 Å². The molecule has 0 radical (unpaired) electrons. The Morgan fingerprint density at radius 2 is 1.54 bits per heavy atom. The van der Waals surface area contributed by atoms with E-state index in [1.807, 2.05) is 23.7 Å². The van der Waals surface area contributed by atoms with Crippen LogP contribution in [0.2, 0.25) is 0 Å². The van der Waals surface area contributed by atoms with Crippen LogP contribution in [0, 0.1) is 6.92 Å². The van der Waals surface area contributed by atoms with Gasteiger partial charge >= 0.3 is 0 Å². The number of imidazole rings is 1. The molecule has 0 fully saturated rings. The summed E-state index contributed by atoms with van der Waals surface area (Å²) in [6.45, 7) is 10.9. The zero-order valence-corrected chi connectivity index (χ0v) is 17.4. The number of nitrogens with zero attached hydrogens (tertiary/aromatic N) is 5. The molecule has 2 aromatic heterocycles. The highest BCUT2D eigenvalue weighted by atomic mass is 15.3. The van der Waals surface area contributed by atoms with Crippen molar-refractivity contribution in [3.63, 3.8) is 0 Å². The molecule has 5 heteroatoms. The van der Waals surface area contributed by atoms with Crippen LogP contribution in [0.5, 0.6) is 0 Å². The maximum atomic E-state index is 4.68. The van der Waals surface area contributed by atoms with Gasteiger partial charge in [-0.05, 0) is 42.0 Å². The highest BCUT2D eigenvalue weighted by Crippen LogP contribution is 2.34. The average Bonchev–Trinajstić information content (AvgIpc) is 3.26. The number of aromatic nitrogens is 5. The molecule has 0 N–H and O–H groups in total. The molecule has 4 rings (SSSR count). The molecular formula is C23H27N5. The fourth-order valence-corrected chi connectivity index (χ4v) is 3.91. The van der Waals surface area contributed by atoms with E-state index in [4.69, 9.17) is 0 Å². The first-order valence-corrected chi connectivity index (χ1v) is 9.85. The normalized spacial score (nSPS) is 11.9. The Kier molecular flexibility index (Phi) is 4.53. The lowest BCUT2D eigenvalue weighted by atomic mass is 9.92. The van der Waals surface area contributed by atoms with Crippen LogP contribution in [0.15, 0.2) is 42.7 Å². The molecule has 0 saturated heterocycles. The Morgan fingerprint density at radius 3 is 2.18 bits per heavy atom. The molecule has 144 valence electrons. The van der Waals surface area contributed by atoms with E-state index in [1.54, 1.807) is 6.33 Å². The van der Waals surface area contributed by atoms with Gasteiger partial charge in [-0.1, -0.05) is 52.0 Å². The van der Waals surface area contributed by atoms with Gasteiger partial charge in [0.2, 0.25) is 0 Å². The highest BCUT2D eigenvalue weighted by Gasteiger charge is 2.21. The minimum absolute atomic E-state index is 0.389. The monoisotopic (exact) mass is 373 g/mol. The quantitative estimate of drug-likeness (QED) is 0.483. The lowest BCUT2D eigenvalue weighted by Gasteiger charge is -2.20. The molecule has 5 nitrogen and oxygen atoms in total. The second kappa shape index (κ2) is 6.89. The summed E-state index contributed by atoms with van der Waals surface area (Å²) in [5.41, 5.74) is 6.83. The topological polar surface area (TPSA) is 48.5 Å². The Bertz CT molecular complexity index is 1120. The lowest BCUT2D eigenvalue weighted by molar-refractivity contribution is 0.773. The molecule has 0 unspecified atom stereocenters. The molecule has 2 aromatic carbocycles. The molecule has 0 aliphatic heterocycles. The smallest absolute Gasteiger partial charge is 0.165 e. The molecule has 28 heavy (non-hydrogen) atoms. The first-order valence-electron chi connectivity index (χ1n) is 9.85. The van der Waals surface area contributed by atoms with Gasteiger partial charge in [-0.15, -0.1) is 0 Å². The summed E-state index contributed by atoms with van der Waals surface area (Å²) in [5, 5.41) is 4.67. The Labute approximate surface area is 166 Å². The second-order valence-corrected chi connectivity index (χ2v) is 7.98. The number of para-hydroxylation sites is 2. The molecule has 0 amide bonds. The van der Waals surface area contributed by atoms with E-state index in [2.05, 4.69) is 78.6 Å². The van der Waals surface area contributed by atoms with Crippen LogP contribution in [-0.2, 0) is 7.05 Å². The van der Waals surface area contributed by atoms with Crippen LogP contribution in [0.1, 0.15) is 56.5 Å². The zero-order chi connectivity index (χ0) is 20.0. The maximum absolute atomic E-state index is 4.68. The minimum Gasteiger partial charge on any atom is -0.331 e. The first-order chi connectivity index (χ1) is 13.4. The van der Waals surface area contributed by atoms with E-state index in [-0.39, 0.29) is 0 Å². The SMILES string of the molecule is Cc1nc2cccc(-c3ncnn3-c3c(C(C)C)cccc3C(C)C)c2n1C. The van der Waals surface area contributed by atoms with Gasteiger partial charge in [0.15, 0.2) is 5.82 Å². The zero-order valence-electron chi connectivity index (χ0n) is 17.4. The molecular weight excluding hydrogens is 346 g/mol. The lowest BCUT2D eigenvalue weighted by Crippen LogP contribution is -2.10. The second-order valence-electron chi connectivity index (χ2n) is 7.98. The van der Waals surface area contributed by atoms with Gasteiger partial charge in [-0.2, -0.15) is 5.10 Å². The molecule has 2 heterocycles. The van der Waals surface area contributed by atoms with E-state index in [0.717, 1.165) is 33.9 Å². The predicted octanol–water partition coefficient (Wildman–Crippen LogP) is 5.38. The number of benzene rings is 2. The van der Waals surface area contributed by atoms with Crippen LogP contribution in [0.25, 0.3) is 28.1 Å². The number of aryl methyl sites for hydroxylation is 2. The van der Waals surface area contributed by atoms with Gasteiger partial charge in [0.25, 0.3) is 0 Å². The largest absolute Gasteiger partial charge is 0.331 e. The molecule has 0 atom stereocenters. The van der Waals surface area contributed by atoms with Crippen LogP contribution < -0.4 is 0 Å². The van der Waals surface area contributed by atoms with E-state index in [1.165, 1.54) is 11.1 Å². The van der Waals surface area contributed by atoms with Crippen LogP contribution in [0.3, 0.4) is 0 Å². The van der Waals surface area contributed by atoms with Crippen molar-refractivity contribution in [2.75, 3.05) is 0 Å². The van der Waals surface area contributed by atoms with Gasteiger partial charge in [-0.3, -0.25) is 0 Å². The standard InChI is InChI=1S/C23H27N5/c1-14(2)17-9-7-10-18(15(3)4)21(17)28-23(24-13-25-28)19-11-8-12-20-22(19)27(6)16(5)26-20/h7-15H,1-6H3. The van der Waals surface area contributed by atoms with E-state index in [0.29, 0.717) is 11.8 Å². The fourth-order valence-electron chi connectivity index (χ4n) is 3.91. The summed E-state index contributed by atoms with van der Waals surface area (Å²) < 4.78 is 4.14. The summed E-state index contributed by atoms with van der Waals surface area (Å²) in [5.74, 6) is 2.61. The average molecular weight is 374 g/mol. The van der Waals surface area contributed by atoms with E-state index < -0.39 is 0 Å². The highest BCUT2D eigenvalue weighted by molar-refractivity contribution is 5.91. The van der Waals surface area contributed by atoms with E-state index in [9.17, 15) is 0 Å². The van der Waals surface area contributed by atoms with Gasteiger partial charge in [0, 0.05) is 12.6 Å². The third-order valence-electron chi connectivity index (χ3n) is 5.46. The van der Waals surface area contributed by atoms with Gasteiger partial charge in [0.1, 0.15) is 12.2 Å². The molecule has 4 aromatic rings. The minimum atomic E-state index is 0.389. The summed E-state index contributed by atoms with van der Waals surface area (Å²) in [7, 11) is 2.05. The van der Waals surface area contributed by atoms with Gasteiger partial charge < -0.3 is 4.57 Å². The number of fused-ring (bicyclic) bond motifs is 1. The molecule has 0 saturated carbocycles. The van der Waals surface area contributed by atoms with Crippen molar-refractivity contribution in [3.8, 4) is 17.1 Å². The van der Waals surface area contributed by atoms with Crippen LogP contribution >= 0.6 is 0 Å². The molecule has 0 aliphatic rings. The predicted molar refractivity (Wildman–Crippen MR) is 114 cm³/mol. The first kappa shape index (κ1) is 18.4. The van der Waals surface area contributed by atoms with E-state index >= 15 is 0 Å². The van der Waals surface area contributed by atoms with Crippen molar-refractivity contribution < 1.29 is 0 Å². The Morgan fingerprint density at radius 1 is 0.893 bits per heavy atom.